The molecule has 0 heterocycles. The molecule has 0 spiro atoms. The fourth-order valence-corrected chi connectivity index (χ4v) is 3.74. The molecule has 0 aliphatic heterocycles. The van der Waals surface area contributed by atoms with Crippen LogP contribution in [-0.4, -0.2) is 75.8 Å². The third kappa shape index (κ3) is 33.6. The number of hydrogen-bond acceptors (Lipinski definition) is 11. The summed E-state index contributed by atoms with van der Waals surface area (Å²) >= 11 is 0. The Balaban J connectivity index is -0.000000396. The van der Waals surface area contributed by atoms with Crippen LogP contribution >= 0.6 is 0 Å². The van der Waals surface area contributed by atoms with Gasteiger partial charge in [-0.1, -0.05) is 78.1 Å². The molecular formula is C21H44Na2O11S2. The first-order valence-corrected chi connectivity index (χ1v) is 14.6. The molecular weight excluding hydrogens is 538 g/mol. The fourth-order valence-electron chi connectivity index (χ4n) is 2.92. The molecule has 0 aliphatic carbocycles. The predicted molar refractivity (Wildman–Crippen MR) is 125 cm³/mol. The number of aliphatic hydroxyl groups excluding tert-OH is 2. The minimum absolute atomic E-state index is 0. The van der Waals surface area contributed by atoms with Gasteiger partial charge in [0.05, 0.1) is 31.8 Å². The first-order valence-electron chi connectivity index (χ1n) is 11.9. The van der Waals surface area contributed by atoms with Crippen LogP contribution < -0.4 is 59.1 Å². The SMILES string of the molecule is CCCCCCCCOCC(CO)(CO)COCCCCCCCC.O=S(=O)([O-])OS(=O)(=O)[O-].[Na+].[Na+]. The summed E-state index contributed by atoms with van der Waals surface area (Å²) in [7, 11) is -10.9. The van der Waals surface area contributed by atoms with E-state index in [-0.39, 0.29) is 72.3 Å². The van der Waals surface area contributed by atoms with Crippen molar-refractivity contribution >= 4 is 20.8 Å². The van der Waals surface area contributed by atoms with Gasteiger partial charge in [-0.25, -0.2) is 16.8 Å². The zero-order chi connectivity index (χ0) is 26.3. The molecule has 0 aromatic rings. The molecule has 0 aliphatic rings. The second kappa shape index (κ2) is 28.2. The molecule has 2 N–H and O–H groups in total. The van der Waals surface area contributed by atoms with Gasteiger partial charge in [0.25, 0.3) is 0 Å². The molecule has 0 bridgehead atoms. The summed E-state index contributed by atoms with van der Waals surface area (Å²) in [5.74, 6) is 0. The summed E-state index contributed by atoms with van der Waals surface area (Å²) in [6, 6.07) is 0. The van der Waals surface area contributed by atoms with Gasteiger partial charge in [0.15, 0.2) is 0 Å². The molecule has 208 valence electrons. The normalized spacial score (nSPS) is 11.7. The van der Waals surface area contributed by atoms with E-state index in [1.54, 1.807) is 0 Å². The van der Waals surface area contributed by atoms with Crippen LogP contribution in [0.15, 0.2) is 0 Å². The van der Waals surface area contributed by atoms with E-state index in [1.807, 2.05) is 0 Å². The van der Waals surface area contributed by atoms with Crippen LogP contribution in [0.1, 0.15) is 90.9 Å². The molecule has 0 unspecified atom stereocenters. The van der Waals surface area contributed by atoms with Crippen LogP contribution in [0.25, 0.3) is 0 Å². The largest absolute Gasteiger partial charge is 1.00 e. The fraction of sp³-hybridized carbons (Fsp3) is 1.00. The van der Waals surface area contributed by atoms with Gasteiger partial charge in [0, 0.05) is 13.2 Å². The Labute approximate surface area is 262 Å². The maximum Gasteiger partial charge on any atom is 1.00 e. The molecule has 0 saturated heterocycles. The predicted octanol–water partition coefficient (Wildman–Crippen LogP) is -3.36. The summed E-state index contributed by atoms with van der Waals surface area (Å²) in [5.41, 5.74) is -0.662. The molecule has 0 aromatic carbocycles. The Morgan fingerprint density at radius 2 is 0.917 bits per heavy atom. The van der Waals surface area contributed by atoms with Gasteiger partial charge >= 0.3 is 59.1 Å². The average Bonchev–Trinajstić information content (AvgIpc) is 2.74. The summed E-state index contributed by atoms with van der Waals surface area (Å²) in [6.07, 6.45) is 14.8. The third-order valence-electron chi connectivity index (χ3n) is 4.94. The van der Waals surface area contributed by atoms with E-state index in [1.165, 1.54) is 64.2 Å². The van der Waals surface area contributed by atoms with E-state index in [4.69, 9.17) is 9.47 Å². The Bertz CT molecular complexity index is 607. The molecule has 0 aromatic heterocycles. The van der Waals surface area contributed by atoms with Crippen LogP contribution in [0.2, 0.25) is 0 Å². The molecule has 0 rings (SSSR count). The molecule has 0 saturated carbocycles. The number of rotatable bonds is 22. The zero-order valence-electron chi connectivity index (χ0n) is 22.6. The van der Waals surface area contributed by atoms with Gasteiger partial charge in [0.1, 0.15) is 0 Å². The van der Waals surface area contributed by atoms with E-state index in [9.17, 15) is 36.2 Å². The second-order valence-corrected chi connectivity index (χ2v) is 10.5. The van der Waals surface area contributed by atoms with Crippen LogP contribution in [0.4, 0.5) is 0 Å². The van der Waals surface area contributed by atoms with Gasteiger partial charge < -0.3 is 28.8 Å². The quantitative estimate of drug-likeness (QED) is 0.0563. The topological polar surface area (TPSA) is 183 Å². The van der Waals surface area contributed by atoms with E-state index in [0.717, 1.165) is 12.8 Å². The van der Waals surface area contributed by atoms with Crippen molar-refractivity contribution in [1.82, 2.24) is 0 Å². The molecule has 0 amide bonds. The summed E-state index contributed by atoms with van der Waals surface area (Å²) in [4.78, 5) is 0. The minimum Gasteiger partial charge on any atom is -0.725 e. The number of hydrogen-bond donors (Lipinski definition) is 2. The van der Waals surface area contributed by atoms with Crippen molar-refractivity contribution in [3.05, 3.63) is 0 Å². The van der Waals surface area contributed by atoms with Crippen LogP contribution in [-0.2, 0) is 33.9 Å². The molecule has 0 fully saturated rings. The Hall–Kier alpha value is 1.62. The van der Waals surface area contributed by atoms with Crippen molar-refractivity contribution in [2.45, 2.75) is 90.9 Å². The van der Waals surface area contributed by atoms with Crippen molar-refractivity contribution in [2.75, 3.05) is 39.6 Å². The van der Waals surface area contributed by atoms with E-state index < -0.39 is 26.2 Å². The first kappa shape index (κ1) is 44.6. The summed E-state index contributed by atoms with van der Waals surface area (Å²) in [6.45, 7) is 6.38. The zero-order valence-corrected chi connectivity index (χ0v) is 28.2. The van der Waals surface area contributed by atoms with Gasteiger partial charge in [-0.15, -0.1) is 0 Å². The van der Waals surface area contributed by atoms with Crippen molar-refractivity contribution in [3.63, 3.8) is 0 Å². The van der Waals surface area contributed by atoms with E-state index in [0.29, 0.717) is 26.4 Å². The molecule has 11 nitrogen and oxygen atoms in total. The van der Waals surface area contributed by atoms with Gasteiger partial charge in [-0.2, -0.15) is 3.63 Å². The molecule has 0 atom stereocenters. The minimum atomic E-state index is -5.43. The van der Waals surface area contributed by atoms with E-state index in [2.05, 4.69) is 17.5 Å². The molecule has 36 heavy (non-hydrogen) atoms. The second-order valence-electron chi connectivity index (χ2n) is 8.34. The average molecular weight is 583 g/mol. The summed E-state index contributed by atoms with van der Waals surface area (Å²) < 4.78 is 69.6. The Morgan fingerprint density at radius 1 is 0.611 bits per heavy atom. The van der Waals surface area contributed by atoms with Gasteiger partial charge in [0.2, 0.25) is 20.8 Å². The van der Waals surface area contributed by atoms with Crippen LogP contribution in [0.5, 0.6) is 0 Å². The number of aliphatic hydroxyl groups is 2. The van der Waals surface area contributed by atoms with Crippen molar-refractivity contribution in [1.29, 1.82) is 0 Å². The maximum absolute atomic E-state index is 9.66. The Morgan fingerprint density at radius 3 is 1.17 bits per heavy atom. The van der Waals surface area contributed by atoms with Crippen LogP contribution in [0.3, 0.4) is 0 Å². The number of unbranched alkanes of at least 4 members (excludes halogenated alkanes) is 10. The van der Waals surface area contributed by atoms with Crippen molar-refractivity contribution in [3.8, 4) is 0 Å². The van der Waals surface area contributed by atoms with Crippen molar-refractivity contribution < 1.29 is 108 Å². The third-order valence-corrected chi connectivity index (χ3v) is 6.27. The first-order chi connectivity index (χ1) is 15.9. The van der Waals surface area contributed by atoms with Crippen LogP contribution in [0, 0.1) is 5.41 Å². The maximum atomic E-state index is 9.66. The Kier molecular flexibility index (Phi) is 34.9. The summed E-state index contributed by atoms with van der Waals surface area (Å²) in [5, 5.41) is 19.3. The molecule has 15 heteroatoms. The van der Waals surface area contributed by atoms with Crippen molar-refractivity contribution in [2.24, 2.45) is 5.41 Å². The number of ether oxygens (including phenoxy) is 2. The monoisotopic (exact) mass is 582 g/mol. The smallest absolute Gasteiger partial charge is 0.725 e. The standard InChI is InChI=1S/C21H44O4.2Na.H2O7S2/c1-3-5-7-9-11-13-15-24-19-21(17-22,18-23)20-25-16-14-12-10-8-6-4-2;;;1-8(2,3)7-9(4,5)6/h22-23H,3-20H2,1-2H3;;;(H,1,2,3)(H,4,5,6)/q;2*+1;/p-2. The van der Waals surface area contributed by atoms with Gasteiger partial charge in [-0.3, -0.25) is 0 Å². The van der Waals surface area contributed by atoms with E-state index >= 15 is 0 Å². The van der Waals surface area contributed by atoms with Gasteiger partial charge in [-0.05, 0) is 12.8 Å². The molecule has 0 radical (unpaired) electrons.